The van der Waals surface area contributed by atoms with Crippen LogP contribution in [0.25, 0.3) is 0 Å². The lowest BCUT2D eigenvalue weighted by molar-refractivity contribution is 0.281. The number of aliphatic hydroxyl groups is 2. The van der Waals surface area contributed by atoms with E-state index in [0.717, 1.165) is 0 Å². The molecule has 0 saturated heterocycles. The fourth-order valence-electron chi connectivity index (χ4n) is 1.60. The third kappa shape index (κ3) is 3.57. The van der Waals surface area contributed by atoms with Gasteiger partial charge in [0.05, 0.1) is 18.9 Å². The molecule has 0 saturated carbocycles. The highest BCUT2D eigenvalue weighted by Crippen LogP contribution is 2.23. The number of nitrogen functional groups attached to an aromatic ring is 1. The number of benzene rings is 1. The van der Waals surface area contributed by atoms with Gasteiger partial charge in [0.2, 0.25) is 10.0 Å². The van der Waals surface area contributed by atoms with Crippen LogP contribution in [0.5, 0.6) is 0 Å². The molecule has 0 aliphatic rings. The number of sulfonamides is 1. The van der Waals surface area contributed by atoms with E-state index in [1.807, 2.05) is 0 Å². The van der Waals surface area contributed by atoms with Crippen molar-refractivity contribution in [3.05, 3.63) is 18.2 Å². The predicted octanol–water partition coefficient (Wildman–Crippen LogP) is -1.29. The fourth-order valence-corrected chi connectivity index (χ4v) is 2.25. The molecule has 0 fully saturated rings. The van der Waals surface area contributed by atoms with Gasteiger partial charge in [0.15, 0.2) is 0 Å². The van der Waals surface area contributed by atoms with Crippen molar-refractivity contribution in [2.45, 2.75) is 4.90 Å². The first-order valence-electron chi connectivity index (χ1n) is 5.29. The minimum absolute atomic E-state index is 0.0379. The zero-order valence-corrected chi connectivity index (χ0v) is 10.6. The number of aliphatic hydroxyl groups excluding tert-OH is 2. The maximum absolute atomic E-state index is 11.2. The summed E-state index contributed by atoms with van der Waals surface area (Å²) in [5, 5.41) is 22.8. The SMILES string of the molecule is Nc1cc(N(CCO)CCO)ccc1S(N)(=O)=O. The van der Waals surface area contributed by atoms with Crippen molar-refractivity contribution in [2.24, 2.45) is 5.14 Å². The molecule has 6 N–H and O–H groups in total. The molecule has 0 amide bonds. The standard InChI is InChI=1S/C10H17N3O4S/c11-9-7-8(13(3-5-14)4-6-15)1-2-10(9)18(12,16)17/h1-2,7,14-15H,3-6,11H2,(H2,12,16,17). The summed E-state index contributed by atoms with van der Waals surface area (Å²) < 4.78 is 22.4. The topological polar surface area (TPSA) is 130 Å². The van der Waals surface area contributed by atoms with Crippen LogP contribution < -0.4 is 15.8 Å². The Bertz CT molecular complexity index is 498. The number of hydrogen-bond acceptors (Lipinski definition) is 6. The van der Waals surface area contributed by atoms with Crippen LogP contribution in [-0.2, 0) is 10.0 Å². The molecule has 0 aromatic heterocycles. The number of nitrogens with two attached hydrogens (primary N) is 2. The van der Waals surface area contributed by atoms with Gasteiger partial charge in [-0.05, 0) is 18.2 Å². The van der Waals surface area contributed by atoms with Gasteiger partial charge in [-0.15, -0.1) is 0 Å². The zero-order valence-electron chi connectivity index (χ0n) is 9.78. The Morgan fingerprint density at radius 2 is 1.72 bits per heavy atom. The molecule has 8 heteroatoms. The van der Waals surface area contributed by atoms with Crippen LogP contribution in [0, 0.1) is 0 Å². The lowest BCUT2D eigenvalue weighted by Gasteiger charge is -2.23. The minimum atomic E-state index is -3.84. The summed E-state index contributed by atoms with van der Waals surface area (Å²) in [6, 6.07) is 4.29. The van der Waals surface area contributed by atoms with Crippen LogP contribution in [0.4, 0.5) is 11.4 Å². The Hall–Kier alpha value is -1.35. The van der Waals surface area contributed by atoms with Gasteiger partial charge in [-0.3, -0.25) is 0 Å². The first kappa shape index (κ1) is 14.7. The lowest BCUT2D eigenvalue weighted by Crippen LogP contribution is -2.29. The van der Waals surface area contributed by atoms with Crippen LogP contribution in [0.3, 0.4) is 0 Å². The average molecular weight is 275 g/mol. The quantitative estimate of drug-likeness (QED) is 0.478. The fraction of sp³-hybridized carbons (Fsp3) is 0.400. The summed E-state index contributed by atoms with van der Waals surface area (Å²) >= 11 is 0. The highest BCUT2D eigenvalue weighted by atomic mass is 32.2. The van der Waals surface area contributed by atoms with Crippen LogP contribution >= 0.6 is 0 Å². The van der Waals surface area contributed by atoms with Crippen molar-refractivity contribution in [2.75, 3.05) is 36.9 Å². The van der Waals surface area contributed by atoms with Gasteiger partial charge >= 0.3 is 0 Å². The summed E-state index contributed by atoms with van der Waals surface area (Å²) in [7, 11) is -3.84. The number of hydrogen-bond donors (Lipinski definition) is 4. The molecule has 0 unspecified atom stereocenters. The van der Waals surface area contributed by atoms with Crippen LogP contribution in [0.15, 0.2) is 23.1 Å². The van der Waals surface area contributed by atoms with Gasteiger partial charge in [-0.2, -0.15) is 0 Å². The molecule has 0 aliphatic carbocycles. The molecule has 7 nitrogen and oxygen atoms in total. The molecular formula is C10H17N3O4S. The zero-order chi connectivity index (χ0) is 13.8. The van der Waals surface area contributed by atoms with Gasteiger partial charge < -0.3 is 20.8 Å². The molecule has 1 aromatic carbocycles. The van der Waals surface area contributed by atoms with Gasteiger partial charge in [-0.25, -0.2) is 13.6 Å². The highest BCUT2D eigenvalue weighted by Gasteiger charge is 2.14. The van der Waals surface area contributed by atoms with Crippen molar-refractivity contribution in [3.8, 4) is 0 Å². The molecule has 1 rings (SSSR count). The summed E-state index contributed by atoms with van der Waals surface area (Å²) in [5.74, 6) is 0. The van der Waals surface area contributed by atoms with E-state index in [9.17, 15) is 8.42 Å². The molecule has 0 atom stereocenters. The molecule has 0 spiro atoms. The van der Waals surface area contributed by atoms with Gasteiger partial charge in [-0.1, -0.05) is 0 Å². The number of anilines is 2. The van der Waals surface area contributed by atoms with E-state index in [4.69, 9.17) is 21.1 Å². The van der Waals surface area contributed by atoms with E-state index >= 15 is 0 Å². The second-order valence-electron chi connectivity index (χ2n) is 3.70. The summed E-state index contributed by atoms with van der Waals surface area (Å²) in [5.41, 5.74) is 6.28. The van der Waals surface area contributed by atoms with Crippen LogP contribution in [-0.4, -0.2) is 44.9 Å². The average Bonchev–Trinajstić information content (AvgIpc) is 2.27. The van der Waals surface area contributed by atoms with E-state index in [0.29, 0.717) is 18.8 Å². The molecule has 18 heavy (non-hydrogen) atoms. The molecular weight excluding hydrogens is 258 g/mol. The Kier molecular flexibility index (Phi) is 4.91. The smallest absolute Gasteiger partial charge is 0.240 e. The first-order chi connectivity index (χ1) is 8.40. The monoisotopic (exact) mass is 275 g/mol. The van der Waals surface area contributed by atoms with Crippen LogP contribution in [0.2, 0.25) is 0 Å². The molecule has 0 heterocycles. The largest absolute Gasteiger partial charge is 0.398 e. The van der Waals surface area contributed by atoms with Crippen molar-refractivity contribution < 1.29 is 18.6 Å². The molecule has 0 bridgehead atoms. The second-order valence-corrected chi connectivity index (χ2v) is 5.23. The third-order valence-electron chi connectivity index (χ3n) is 2.40. The Morgan fingerprint density at radius 3 is 2.11 bits per heavy atom. The summed E-state index contributed by atoms with van der Waals surface area (Å²) in [6.07, 6.45) is 0. The third-order valence-corrected chi connectivity index (χ3v) is 3.39. The van der Waals surface area contributed by atoms with Gasteiger partial charge in [0.25, 0.3) is 0 Å². The van der Waals surface area contributed by atoms with Crippen LogP contribution in [0.1, 0.15) is 0 Å². The Balaban J connectivity index is 3.09. The van der Waals surface area contributed by atoms with Crippen molar-refractivity contribution in [3.63, 3.8) is 0 Å². The second kappa shape index (κ2) is 6.01. The number of nitrogens with zero attached hydrogens (tertiary/aromatic N) is 1. The van der Waals surface area contributed by atoms with Gasteiger partial charge in [0, 0.05) is 18.8 Å². The minimum Gasteiger partial charge on any atom is -0.398 e. The van der Waals surface area contributed by atoms with E-state index in [2.05, 4.69) is 0 Å². The number of rotatable bonds is 6. The maximum Gasteiger partial charge on any atom is 0.240 e. The van der Waals surface area contributed by atoms with Crippen molar-refractivity contribution in [1.29, 1.82) is 0 Å². The van der Waals surface area contributed by atoms with Gasteiger partial charge in [0.1, 0.15) is 4.90 Å². The molecule has 102 valence electrons. The van der Waals surface area contributed by atoms with E-state index in [-0.39, 0.29) is 23.8 Å². The number of primary sulfonamides is 1. The molecule has 0 radical (unpaired) electrons. The summed E-state index contributed by atoms with van der Waals surface area (Å²) in [4.78, 5) is 1.54. The molecule has 1 aromatic rings. The maximum atomic E-state index is 11.2. The Labute approximate surface area is 106 Å². The first-order valence-corrected chi connectivity index (χ1v) is 6.83. The van der Waals surface area contributed by atoms with Crippen molar-refractivity contribution in [1.82, 2.24) is 0 Å². The highest BCUT2D eigenvalue weighted by molar-refractivity contribution is 7.89. The summed E-state index contributed by atoms with van der Waals surface area (Å²) in [6.45, 7) is 0.455. The normalized spacial score (nSPS) is 11.5. The Morgan fingerprint density at radius 1 is 1.17 bits per heavy atom. The van der Waals surface area contributed by atoms with Crippen molar-refractivity contribution >= 4 is 21.4 Å². The van der Waals surface area contributed by atoms with E-state index in [1.54, 1.807) is 4.90 Å². The van der Waals surface area contributed by atoms with E-state index < -0.39 is 10.0 Å². The molecule has 0 aliphatic heterocycles. The predicted molar refractivity (Wildman–Crippen MR) is 68.6 cm³/mol. The van der Waals surface area contributed by atoms with E-state index in [1.165, 1.54) is 18.2 Å². The lowest BCUT2D eigenvalue weighted by atomic mass is 10.2.